The average Bonchev–Trinajstić information content (AvgIpc) is 2.83. The Bertz CT molecular complexity index is 299. The number of nitrogens with zero attached hydrogens (tertiary/aromatic N) is 1. The van der Waals surface area contributed by atoms with Crippen molar-refractivity contribution in [1.82, 2.24) is 4.98 Å². The van der Waals surface area contributed by atoms with Crippen LogP contribution in [0.5, 0.6) is 5.75 Å². The highest BCUT2D eigenvalue weighted by Gasteiger charge is 2.24. The van der Waals surface area contributed by atoms with Gasteiger partial charge in [0, 0.05) is 12.3 Å². The lowest BCUT2D eigenvalue weighted by Crippen LogP contribution is -2.00. The first kappa shape index (κ1) is 7.86. The standard InChI is InChI=1S/C8H9BrN2O/c9-8-7(10)6(3-4-11-8)12-5-1-2-5/h3-5H,1-2,10H2. The molecule has 0 spiro atoms. The van der Waals surface area contributed by atoms with Gasteiger partial charge in [-0.15, -0.1) is 0 Å². The Kier molecular flexibility index (Phi) is 1.92. The first-order chi connectivity index (χ1) is 5.77. The third-order valence-corrected chi connectivity index (χ3v) is 2.35. The lowest BCUT2D eigenvalue weighted by Gasteiger charge is -2.07. The fourth-order valence-electron chi connectivity index (χ4n) is 0.900. The predicted molar refractivity (Wildman–Crippen MR) is 50.0 cm³/mol. The van der Waals surface area contributed by atoms with E-state index in [4.69, 9.17) is 10.5 Å². The van der Waals surface area contributed by atoms with Gasteiger partial charge in [-0.1, -0.05) is 0 Å². The quantitative estimate of drug-likeness (QED) is 0.788. The minimum Gasteiger partial charge on any atom is -0.488 e. The highest BCUT2D eigenvalue weighted by atomic mass is 79.9. The predicted octanol–water partition coefficient (Wildman–Crippen LogP) is 1.97. The van der Waals surface area contributed by atoms with E-state index >= 15 is 0 Å². The fourth-order valence-corrected chi connectivity index (χ4v) is 1.21. The van der Waals surface area contributed by atoms with Crippen LogP contribution in [-0.4, -0.2) is 11.1 Å². The summed E-state index contributed by atoms with van der Waals surface area (Å²) < 4.78 is 6.20. The monoisotopic (exact) mass is 228 g/mol. The van der Waals surface area contributed by atoms with Crippen molar-refractivity contribution in [1.29, 1.82) is 0 Å². The summed E-state index contributed by atoms with van der Waals surface area (Å²) in [6.07, 6.45) is 4.33. The van der Waals surface area contributed by atoms with Crippen LogP contribution in [-0.2, 0) is 0 Å². The summed E-state index contributed by atoms with van der Waals surface area (Å²) in [6.45, 7) is 0. The number of ether oxygens (including phenoxy) is 1. The minimum absolute atomic E-state index is 0.376. The van der Waals surface area contributed by atoms with Gasteiger partial charge in [-0.05, 0) is 28.8 Å². The number of pyridine rings is 1. The van der Waals surface area contributed by atoms with Gasteiger partial charge >= 0.3 is 0 Å². The van der Waals surface area contributed by atoms with Crippen LogP contribution in [0.3, 0.4) is 0 Å². The molecule has 1 aliphatic carbocycles. The number of hydrogen-bond donors (Lipinski definition) is 1. The van der Waals surface area contributed by atoms with Crippen LogP contribution in [0.4, 0.5) is 5.69 Å². The maximum atomic E-state index is 5.72. The molecule has 0 atom stereocenters. The molecular weight excluding hydrogens is 220 g/mol. The van der Waals surface area contributed by atoms with Gasteiger partial charge in [0.2, 0.25) is 0 Å². The summed E-state index contributed by atoms with van der Waals surface area (Å²) in [5.41, 5.74) is 6.31. The van der Waals surface area contributed by atoms with Crippen molar-refractivity contribution < 1.29 is 4.74 Å². The Balaban J connectivity index is 2.23. The molecule has 1 heterocycles. The summed E-state index contributed by atoms with van der Waals surface area (Å²) >= 11 is 3.24. The molecule has 64 valence electrons. The lowest BCUT2D eigenvalue weighted by atomic mass is 10.4. The molecule has 0 unspecified atom stereocenters. The van der Waals surface area contributed by atoms with E-state index in [0.29, 0.717) is 16.4 Å². The third kappa shape index (κ3) is 1.53. The van der Waals surface area contributed by atoms with E-state index in [1.807, 2.05) is 0 Å². The van der Waals surface area contributed by atoms with Gasteiger partial charge in [-0.25, -0.2) is 4.98 Å². The maximum Gasteiger partial charge on any atom is 0.146 e. The first-order valence-electron chi connectivity index (χ1n) is 3.84. The number of hydrogen-bond acceptors (Lipinski definition) is 3. The lowest BCUT2D eigenvalue weighted by molar-refractivity contribution is 0.304. The van der Waals surface area contributed by atoms with Gasteiger partial charge < -0.3 is 10.5 Å². The second kappa shape index (κ2) is 2.94. The minimum atomic E-state index is 0.376. The van der Waals surface area contributed by atoms with Crippen molar-refractivity contribution in [3.05, 3.63) is 16.9 Å². The molecule has 0 amide bonds. The summed E-state index contributed by atoms with van der Waals surface area (Å²) in [7, 11) is 0. The molecule has 0 aliphatic heterocycles. The first-order valence-corrected chi connectivity index (χ1v) is 4.63. The van der Waals surface area contributed by atoms with E-state index in [1.54, 1.807) is 12.3 Å². The second-order valence-electron chi connectivity index (χ2n) is 2.83. The summed E-state index contributed by atoms with van der Waals surface area (Å²) in [5, 5.41) is 0. The van der Waals surface area contributed by atoms with Crippen LogP contribution in [0.2, 0.25) is 0 Å². The molecule has 1 aromatic heterocycles. The average molecular weight is 229 g/mol. The van der Waals surface area contributed by atoms with E-state index in [-0.39, 0.29) is 0 Å². The van der Waals surface area contributed by atoms with Crippen molar-refractivity contribution in [3.8, 4) is 5.75 Å². The summed E-state index contributed by atoms with van der Waals surface area (Å²) in [4.78, 5) is 3.98. The number of anilines is 1. The van der Waals surface area contributed by atoms with Gasteiger partial charge in [0.05, 0.1) is 6.10 Å². The topological polar surface area (TPSA) is 48.1 Å². The molecule has 2 N–H and O–H groups in total. The van der Waals surface area contributed by atoms with E-state index in [2.05, 4.69) is 20.9 Å². The molecule has 1 saturated carbocycles. The summed E-state index contributed by atoms with van der Waals surface area (Å²) in [6, 6.07) is 1.79. The van der Waals surface area contributed by atoms with Crippen LogP contribution in [0.25, 0.3) is 0 Å². The SMILES string of the molecule is Nc1c(OC2CC2)ccnc1Br. The summed E-state index contributed by atoms with van der Waals surface area (Å²) in [5.74, 6) is 0.736. The Morgan fingerprint density at radius 1 is 1.58 bits per heavy atom. The molecule has 0 radical (unpaired) electrons. The normalized spacial score (nSPS) is 16.1. The Hall–Kier alpha value is -0.770. The highest BCUT2D eigenvalue weighted by Crippen LogP contribution is 2.32. The van der Waals surface area contributed by atoms with Crippen molar-refractivity contribution in [2.24, 2.45) is 0 Å². The zero-order valence-corrected chi connectivity index (χ0v) is 8.04. The largest absolute Gasteiger partial charge is 0.488 e. The van der Waals surface area contributed by atoms with Crippen LogP contribution in [0.15, 0.2) is 16.9 Å². The van der Waals surface area contributed by atoms with E-state index in [9.17, 15) is 0 Å². The van der Waals surface area contributed by atoms with Crippen LogP contribution in [0.1, 0.15) is 12.8 Å². The Morgan fingerprint density at radius 3 is 3.00 bits per heavy atom. The molecule has 1 aliphatic rings. The van der Waals surface area contributed by atoms with Gasteiger partial charge in [0.25, 0.3) is 0 Å². The van der Waals surface area contributed by atoms with Crippen LogP contribution >= 0.6 is 15.9 Å². The maximum absolute atomic E-state index is 5.72. The number of rotatable bonds is 2. The molecule has 2 rings (SSSR count). The Morgan fingerprint density at radius 2 is 2.33 bits per heavy atom. The zero-order valence-electron chi connectivity index (χ0n) is 6.46. The zero-order chi connectivity index (χ0) is 8.55. The van der Waals surface area contributed by atoms with Crippen LogP contribution in [0, 0.1) is 0 Å². The molecule has 0 bridgehead atoms. The smallest absolute Gasteiger partial charge is 0.146 e. The van der Waals surface area contributed by atoms with Gasteiger partial charge in [0.15, 0.2) is 0 Å². The van der Waals surface area contributed by atoms with Gasteiger partial charge in [-0.2, -0.15) is 0 Å². The third-order valence-electron chi connectivity index (χ3n) is 1.72. The number of nitrogens with two attached hydrogens (primary N) is 1. The van der Waals surface area contributed by atoms with Gasteiger partial charge in [-0.3, -0.25) is 0 Å². The Labute approximate surface area is 79.1 Å². The molecule has 1 fully saturated rings. The highest BCUT2D eigenvalue weighted by molar-refractivity contribution is 9.10. The van der Waals surface area contributed by atoms with Crippen molar-refractivity contribution in [2.45, 2.75) is 18.9 Å². The fraction of sp³-hybridized carbons (Fsp3) is 0.375. The molecule has 1 aromatic rings. The van der Waals surface area contributed by atoms with E-state index in [1.165, 1.54) is 0 Å². The van der Waals surface area contributed by atoms with Crippen molar-refractivity contribution in [3.63, 3.8) is 0 Å². The van der Waals surface area contributed by atoms with Crippen molar-refractivity contribution >= 4 is 21.6 Å². The van der Waals surface area contributed by atoms with Crippen LogP contribution < -0.4 is 10.5 Å². The molecule has 0 saturated heterocycles. The molecule has 4 heteroatoms. The molecule has 0 aromatic carbocycles. The molecule has 12 heavy (non-hydrogen) atoms. The van der Waals surface area contributed by atoms with E-state index < -0.39 is 0 Å². The molecule has 3 nitrogen and oxygen atoms in total. The van der Waals surface area contributed by atoms with E-state index in [0.717, 1.165) is 18.6 Å². The van der Waals surface area contributed by atoms with Crippen molar-refractivity contribution in [2.75, 3.05) is 5.73 Å². The number of aromatic nitrogens is 1. The molecular formula is C8H9BrN2O. The number of halogens is 1. The second-order valence-corrected chi connectivity index (χ2v) is 3.58. The number of nitrogen functional groups attached to an aromatic ring is 1. The van der Waals surface area contributed by atoms with Gasteiger partial charge in [0.1, 0.15) is 16.0 Å².